The van der Waals surface area contributed by atoms with Crippen LogP contribution >= 0.6 is 0 Å². The molecule has 1 fully saturated rings. The number of aromatic amines is 1. The van der Waals surface area contributed by atoms with Crippen LogP contribution in [0.25, 0.3) is 0 Å². The Morgan fingerprint density at radius 3 is 2.49 bits per heavy atom. The van der Waals surface area contributed by atoms with Gasteiger partial charge in [-0.3, -0.25) is 19.2 Å². The van der Waals surface area contributed by atoms with Crippen molar-refractivity contribution in [2.75, 3.05) is 6.54 Å². The Hall–Kier alpha value is -3.48. The summed E-state index contributed by atoms with van der Waals surface area (Å²) in [7, 11) is 0. The van der Waals surface area contributed by atoms with Crippen molar-refractivity contribution in [3.05, 3.63) is 18.2 Å². The number of carboxylic acid groups (broad SMARTS) is 2. The van der Waals surface area contributed by atoms with Gasteiger partial charge in [-0.25, -0.2) is 9.78 Å². The second-order valence-electron chi connectivity index (χ2n) is 9.10. The van der Waals surface area contributed by atoms with E-state index < -0.39 is 60.2 Å². The molecule has 194 valence electrons. The Labute approximate surface area is 202 Å². The number of rotatable bonds is 13. The summed E-state index contributed by atoms with van der Waals surface area (Å²) in [5, 5.41) is 23.2. The van der Waals surface area contributed by atoms with Gasteiger partial charge in [0.25, 0.3) is 0 Å². The van der Waals surface area contributed by atoms with Gasteiger partial charge in [-0.05, 0) is 31.6 Å². The lowest BCUT2D eigenvalue weighted by molar-refractivity contribution is -0.145. The fourth-order valence-electron chi connectivity index (χ4n) is 3.99. The number of aliphatic carboxylic acids is 2. The highest BCUT2D eigenvalue weighted by molar-refractivity contribution is 5.94. The minimum atomic E-state index is -1.39. The number of nitrogens with one attached hydrogen (secondary N) is 3. The lowest BCUT2D eigenvalue weighted by Crippen LogP contribution is -2.57. The average molecular weight is 495 g/mol. The van der Waals surface area contributed by atoms with Gasteiger partial charge in [-0.1, -0.05) is 13.8 Å². The number of imidazole rings is 1. The predicted molar refractivity (Wildman–Crippen MR) is 123 cm³/mol. The Kier molecular flexibility index (Phi) is 10.2. The third-order valence-electron chi connectivity index (χ3n) is 5.75. The molecule has 2 rings (SSSR count). The quantitative estimate of drug-likeness (QED) is 0.203. The number of amides is 3. The lowest BCUT2D eigenvalue weighted by atomic mass is 10.0. The highest BCUT2D eigenvalue weighted by Gasteiger charge is 2.39. The van der Waals surface area contributed by atoms with Crippen LogP contribution in [-0.2, 0) is 30.4 Å². The molecule has 3 amide bonds. The van der Waals surface area contributed by atoms with E-state index >= 15 is 0 Å². The standard InChI is InChI=1S/C22H34N6O7/c1-12(2)8-16(27-19(31)14(23)9-13-10-24-11-25-13)21(33)28-7-3-4-17(28)20(32)26-15(22(34)35)5-6-18(29)30/h10-12,14-17H,3-9,23H2,1-2H3,(H,24,25)(H,26,32)(H,27,31)(H,29,30)(H,34,35). The number of hydrogen-bond donors (Lipinski definition) is 6. The number of aromatic nitrogens is 2. The van der Waals surface area contributed by atoms with Crippen molar-refractivity contribution in [3.63, 3.8) is 0 Å². The molecular weight excluding hydrogens is 460 g/mol. The summed E-state index contributed by atoms with van der Waals surface area (Å²) in [5.74, 6) is -4.11. The first-order valence-electron chi connectivity index (χ1n) is 11.6. The van der Waals surface area contributed by atoms with Crippen molar-refractivity contribution >= 4 is 29.7 Å². The fraction of sp³-hybridized carbons (Fsp3) is 0.636. The Morgan fingerprint density at radius 1 is 1.20 bits per heavy atom. The topological polar surface area (TPSA) is 208 Å². The molecule has 35 heavy (non-hydrogen) atoms. The first-order chi connectivity index (χ1) is 16.5. The number of nitrogens with two attached hydrogens (primary N) is 1. The maximum atomic E-state index is 13.4. The van der Waals surface area contributed by atoms with Crippen molar-refractivity contribution in [2.24, 2.45) is 11.7 Å². The van der Waals surface area contributed by atoms with Gasteiger partial charge in [0.05, 0.1) is 12.4 Å². The summed E-state index contributed by atoms with van der Waals surface area (Å²) in [4.78, 5) is 69.3. The van der Waals surface area contributed by atoms with Crippen LogP contribution in [-0.4, -0.2) is 85.5 Å². The molecule has 1 saturated heterocycles. The molecule has 1 aromatic rings. The SMILES string of the molecule is CC(C)CC(NC(=O)C(N)Cc1cnc[nH]1)C(=O)N1CCCC1C(=O)NC(CCC(=O)O)C(=O)O. The molecule has 0 radical (unpaired) electrons. The van der Waals surface area contributed by atoms with Gasteiger partial charge in [-0.15, -0.1) is 0 Å². The molecule has 2 heterocycles. The van der Waals surface area contributed by atoms with E-state index in [1.54, 1.807) is 6.20 Å². The van der Waals surface area contributed by atoms with E-state index in [1.807, 2.05) is 13.8 Å². The van der Waals surface area contributed by atoms with Crippen molar-refractivity contribution in [1.29, 1.82) is 0 Å². The molecule has 0 saturated carbocycles. The maximum Gasteiger partial charge on any atom is 0.326 e. The van der Waals surface area contributed by atoms with Crippen LogP contribution < -0.4 is 16.4 Å². The molecular formula is C22H34N6O7. The number of carbonyl (C=O) groups is 5. The van der Waals surface area contributed by atoms with E-state index in [0.29, 0.717) is 25.0 Å². The van der Waals surface area contributed by atoms with Gasteiger partial charge in [0, 0.05) is 31.3 Å². The fourth-order valence-corrected chi connectivity index (χ4v) is 3.99. The number of carboxylic acids is 2. The normalized spacial score (nSPS) is 18.1. The highest BCUT2D eigenvalue weighted by Crippen LogP contribution is 2.21. The number of hydrogen-bond acceptors (Lipinski definition) is 7. The van der Waals surface area contributed by atoms with Crippen LogP contribution in [0.15, 0.2) is 12.5 Å². The smallest absolute Gasteiger partial charge is 0.326 e. The molecule has 7 N–H and O–H groups in total. The van der Waals surface area contributed by atoms with Crippen molar-refractivity contribution in [1.82, 2.24) is 25.5 Å². The molecule has 4 unspecified atom stereocenters. The molecule has 1 aliphatic heterocycles. The van der Waals surface area contributed by atoms with Crippen LogP contribution in [0.5, 0.6) is 0 Å². The third-order valence-corrected chi connectivity index (χ3v) is 5.75. The second kappa shape index (κ2) is 12.8. The predicted octanol–water partition coefficient (Wildman–Crippen LogP) is -0.764. The number of nitrogens with zero attached hydrogens (tertiary/aromatic N) is 2. The number of H-pyrrole nitrogens is 1. The highest BCUT2D eigenvalue weighted by atomic mass is 16.4. The Balaban J connectivity index is 2.08. The molecule has 13 heteroatoms. The van der Waals surface area contributed by atoms with Gasteiger partial charge in [0.2, 0.25) is 17.7 Å². The molecule has 1 aromatic heterocycles. The van der Waals surface area contributed by atoms with Crippen LogP contribution in [0, 0.1) is 5.92 Å². The van der Waals surface area contributed by atoms with E-state index in [9.17, 15) is 29.1 Å². The first kappa shape index (κ1) is 27.8. The lowest BCUT2D eigenvalue weighted by Gasteiger charge is -2.30. The van der Waals surface area contributed by atoms with Crippen LogP contribution in [0.1, 0.15) is 51.6 Å². The van der Waals surface area contributed by atoms with Crippen LogP contribution in [0.4, 0.5) is 0 Å². The van der Waals surface area contributed by atoms with E-state index in [0.717, 1.165) is 0 Å². The summed E-state index contributed by atoms with van der Waals surface area (Å²) in [6, 6.07) is -4.13. The molecule has 0 bridgehead atoms. The van der Waals surface area contributed by atoms with Crippen LogP contribution in [0.3, 0.4) is 0 Å². The number of likely N-dealkylation sites (tertiary alicyclic amines) is 1. The van der Waals surface area contributed by atoms with Crippen molar-refractivity contribution < 1.29 is 34.2 Å². The minimum Gasteiger partial charge on any atom is -0.481 e. The molecule has 0 aromatic carbocycles. The monoisotopic (exact) mass is 494 g/mol. The van der Waals surface area contributed by atoms with Gasteiger partial charge in [0.15, 0.2) is 0 Å². The summed E-state index contributed by atoms with van der Waals surface area (Å²) in [6.45, 7) is 4.06. The molecule has 0 spiro atoms. The Morgan fingerprint density at radius 2 is 1.91 bits per heavy atom. The van der Waals surface area contributed by atoms with E-state index in [1.165, 1.54) is 11.2 Å². The Bertz CT molecular complexity index is 904. The van der Waals surface area contributed by atoms with E-state index in [-0.39, 0.29) is 25.3 Å². The molecule has 0 aliphatic carbocycles. The maximum absolute atomic E-state index is 13.4. The summed E-state index contributed by atoms with van der Waals surface area (Å²) < 4.78 is 0. The summed E-state index contributed by atoms with van der Waals surface area (Å²) in [5.41, 5.74) is 6.68. The summed E-state index contributed by atoms with van der Waals surface area (Å²) >= 11 is 0. The second-order valence-corrected chi connectivity index (χ2v) is 9.10. The third kappa shape index (κ3) is 8.35. The molecule has 13 nitrogen and oxygen atoms in total. The van der Waals surface area contributed by atoms with Gasteiger partial charge in [-0.2, -0.15) is 0 Å². The zero-order chi connectivity index (χ0) is 26.1. The van der Waals surface area contributed by atoms with Crippen molar-refractivity contribution in [2.45, 2.75) is 76.5 Å². The molecule has 1 aliphatic rings. The average Bonchev–Trinajstić information content (AvgIpc) is 3.46. The largest absolute Gasteiger partial charge is 0.481 e. The molecule has 4 atom stereocenters. The zero-order valence-corrected chi connectivity index (χ0v) is 19.9. The number of carbonyl (C=O) groups excluding carboxylic acids is 3. The first-order valence-corrected chi connectivity index (χ1v) is 11.6. The van der Waals surface area contributed by atoms with Gasteiger partial charge >= 0.3 is 11.9 Å². The summed E-state index contributed by atoms with van der Waals surface area (Å²) in [6.07, 6.45) is 3.70. The zero-order valence-electron chi connectivity index (χ0n) is 19.9. The van der Waals surface area contributed by atoms with Crippen LogP contribution in [0.2, 0.25) is 0 Å². The van der Waals surface area contributed by atoms with Crippen molar-refractivity contribution in [3.8, 4) is 0 Å². The van der Waals surface area contributed by atoms with E-state index in [2.05, 4.69) is 20.6 Å². The van der Waals surface area contributed by atoms with Gasteiger partial charge in [0.1, 0.15) is 18.1 Å². The van der Waals surface area contributed by atoms with E-state index in [4.69, 9.17) is 10.8 Å². The van der Waals surface area contributed by atoms with Gasteiger partial charge < -0.3 is 36.5 Å². The minimum absolute atomic E-state index is 0.0513.